The highest BCUT2D eigenvalue weighted by Gasteiger charge is 2.34. The van der Waals surface area contributed by atoms with Crippen LogP contribution in [-0.4, -0.2) is 16.7 Å². The van der Waals surface area contributed by atoms with Crippen molar-refractivity contribution in [1.29, 1.82) is 0 Å². The Hall–Kier alpha value is -1.65. The topological polar surface area (TPSA) is 46.5 Å². The van der Waals surface area contributed by atoms with Gasteiger partial charge in [-0.1, -0.05) is 6.92 Å². The highest BCUT2D eigenvalue weighted by molar-refractivity contribution is 5.77. The van der Waals surface area contributed by atoms with Crippen molar-refractivity contribution < 1.29 is 23.4 Å². The van der Waals surface area contributed by atoms with Crippen molar-refractivity contribution in [2.45, 2.75) is 25.9 Å². The van der Waals surface area contributed by atoms with Gasteiger partial charge in [0.25, 0.3) is 0 Å². The minimum Gasteiger partial charge on any atom is -0.478 e. The third-order valence-corrected chi connectivity index (χ3v) is 2.36. The van der Waals surface area contributed by atoms with Crippen LogP contribution in [0.25, 0.3) is 0 Å². The summed E-state index contributed by atoms with van der Waals surface area (Å²) in [4.78, 5) is 10.9. The van der Waals surface area contributed by atoms with Crippen molar-refractivity contribution in [1.82, 2.24) is 0 Å². The Morgan fingerprint density at radius 2 is 2.12 bits per heavy atom. The van der Waals surface area contributed by atoms with Gasteiger partial charge in [-0.25, -0.2) is 13.6 Å². The summed E-state index contributed by atoms with van der Waals surface area (Å²) in [5.41, 5.74) is -1.52. The van der Waals surface area contributed by atoms with E-state index in [0.717, 1.165) is 12.1 Å². The first-order valence-corrected chi connectivity index (χ1v) is 4.76. The van der Waals surface area contributed by atoms with Crippen LogP contribution in [0.15, 0.2) is 18.2 Å². The molecule has 1 atom stereocenters. The number of aliphatic carboxylic acids is 1. The Kier molecular flexibility index (Phi) is 3.47. The van der Waals surface area contributed by atoms with Crippen LogP contribution >= 0.6 is 0 Å². The Bertz CT molecular complexity index is 406. The highest BCUT2D eigenvalue weighted by Crippen LogP contribution is 2.25. The summed E-state index contributed by atoms with van der Waals surface area (Å²) in [6.45, 7) is 2.94. The second kappa shape index (κ2) is 4.47. The van der Waals surface area contributed by atoms with Gasteiger partial charge in [-0.05, 0) is 25.5 Å². The van der Waals surface area contributed by atoms with Crippen LogP contribution in [-0.2, 0) is 4.79 Å². The van der Waals surface area contributed by atoms with Crippen molar-refractivity contribution in [3.05, 3.63) is 29.8 Å². The van der Waals surface area contributed by atoms with Gasteiger partial charge >= 0.3 is 5.97 Å². The third kappa shape index (κ3) is 2.48. The molecule has 0 bridgehead atoms. The van der Waals surface area contributed by atoms with Crippen LogP contribution in [0, 0.1) is 11.6 Å². The fourth-order valence-corrected chi connectivity index (χ4v) is 1.07. The molecule has 0 heterocycles. The Morgan fingerprint density at radius 3 is 2.56 bits per heavy atom. The molecular weight excluding hydrogens is 218 g/mol. The zero-order valence-electron chi connectivity index (χ0n) is 8.96. The van der Waals surface area contributed by atoms with Crippen LogP contribution in [0.2, 0.25) is 0 Å². The second-order valence-electron chi connectivity index (χ2n) is 3.57. The molecule has 1 rings (SSSR count). The Labute approximate surface area is 91.7 Å². The predicted molar refractivity (Wildman–Crippen MR) is 53.3 cm³/mol. The van der Waals surface area contributed by atoms with Crippen LogP contribution in [0.5, 0.6) is 5.75 Å². The second-order valence-corrected chi connectivity index (χ2v) is 3.57. The smallest absolute Gasteiger partial charge is 0.347 e. The lowest BCUT2D eigenvalue weighted by Crippen LogP contribution is -2.40. The number of benzene rings is 1. The SMILES string of the molecule is CCC(C)(Oc1ccc(F)cc1F)C(=O)O. The van der Waals surface area contributed by atoms with Crippen LogP contribution in [0.1, 0.15) is 20.3 Å². The van der Waals surface area contributed by atoms with Gasteiger partial charge < -0.3 is 9.84 Å². The van der Waals surface area contributed by atoms with Crippen molar-refractivity contribution in [3.63, 3.8) is 0 Å². The molecule has 5 heteroatoms. The largest absolute Gasteiger partial charge is 0.478 e. The maximum absolute atomic E-state index is 13.2. The molecule has 0 aliphatic carbocycles. The molecule has 0 aromatic heterocycles. The van der Waals surface area contributed by atoms with Gasteiger partial charge in [-0.2, -0.15) is 0 Å². The number of halogens is 2. The zero-order chi connectivity index (χ0) is 12.3. The monoisotopic (exact) mass is 230 g/mol. The molecule has 0 amide bonds. The van der Waals surface area contributed by atoms with Crippen LogP contribution in [0.3, 0.4) is 0 Å². The quantitative estimate of drug-likeness (QED) is 0.864. The number of carboxylic acids is 1. The fraction of sp³-hybridized carbons (Fsp3) is 0.364. The molecule has 1 N–H and O–H groups in total. The minimum absolute atomic E-state index is 0.166. The normalized spacial score (nSPS) is 14.2. The van der Waals surface area contributed by atoms with Crippen molar-refractivity contribution >= 4 is 5.97 Å². The van der Waals surface area contributed by atoms with E-state index in [1.807, 2.05) is 0 Å². The maximum atomic E-state index is 13.2. The summed E-state index contributed by atoms with van der Waals surface area (Å²) in [6.07, 6.45) is 0.166. The summed E-state index contributed by atoms with van der Waals surface area (Å²) in [6, 6.07) is 2.73. The van der Waals surface area contributed by atoms with E-state index in [4.69, 9.17) is 9.84 Å². The molecule has 0 aliphatic heterocycles. The average Bonchev–Trinajstić information content (AvgIpc) is 2.22. The molecule has 1 unspecified atom stereocenters. The number of hydrogen-bond donors (Lipinski definition) is 1. The first kappa shape index (κ1) is 12.4. The lowest BCUT2D eigenvalue weighted by atomic mass is 10.0. The first-order valence-electron chi connectivity index (χ1n) is 4.76. The number of rotatable bonds is 4. The number of carboxylic acid groups (broad SMARTS) is 1. The first-order chi connectivity index (χ1) is 7.39. The molecule has 1 aromatic carbocycles. The van der Waals surface area contributed by atoms with E-state index in [9.17, 15) is 13.6 Å². The van der Waals surface area contributed by atoms with Crippen molar-refractivity contribution in [2.24, 2.45) is 0 Å². The molecule has 0 saturated carbocycles. The van der Waals surface area contributed by atoms with Gasteiger partial charge in [0, 0.05) is 6.07 Å². The molecule has 0 fully saturated rings. The van der Waals surface area contributed by atoms with E-state index < -0.39 is 23.2 Å². The van der Waals surface area contributed by atoms with Gasteiger partial charge in [0.15, 0.2) is 11.6 Å². The van der Waals surface area contributed by atoms with Crippen molar-refractivity contribution in [2.75, 3.05) is 0 Å². The Morgan fingerprint density at radius 1 is 1.50 bits per heavy atom. The van der Waals surface area contributed by atoms with Crippen LogP contribution in [0.4, 0.5) is 8.78 Å². The van der Waals surface area contributed by atoms with E-state index in [1.165, 1.54) is 6.92 Å². The minimum atomic E-state index is -1.52. The number of carbonyl (C=O) groups is 1. The standard InChI is InChI=1S/C11H12F2O3/c1-3-11(2,10(14)15)16-9-5-4-7(12)6-8(9)13/h4-6H,3H2,1-2H3,(H,14,15). The van der Waals surface area contributed by atoms with Gasteiger partial charge in [0.1, 0.15) is 5.82 Å². The summed E-state index contributed by atoms with van der Waals surface area (Å²) in [5, 5.41) is 8.92. The summed E-state index contributed by atoms with van der Waals surface area (Å²) < 4.78 is 30.9. The fourth-order valence-electron chi connectivity index (χ4n) is 1.07. The predicted octanol–water partition coefficient (Wildman–Crippen LogP) is 2.60. The van der Waals surface area contributed by atoms with Gasteiger partial charge in [0.2, 0.25) is 5.60 Å². The average molecular weight is 230 g/mol. The summed E-state index contributed by atoms with van der Waals surface area (Å²) in [5.74, 6) is -3.12. The number of hydrogen-bond acceptors (Lipinski definition) is 2. The molecular formula is C11H12F2O3. The molecule has 0 spiro atoms. The molecule has 88 valence electrons. The molecule has 0 radical (unpaired) electrons. The van der Waals surface area contributed by atoms with Gasteiger partial charge in [-0.15, -0.1) is 0 Å². The molecule has 16 heavy (non-hydrogen) atoms. The maximum Gasteiger partial charge on any atom is 0.347 e. The molecule has 0 saturated heterocycles. The highest BCUT2D eigenvalue weighted by atomic mass is 19.1. The van der Waals surface area contributed by atoms with E-state index in [2.05, 4.69) is 0 Å². The molecule has 3 nitrogen and oxygen atoms in total. The van der Waals surface area contributed by atoms with Gasteiger partial charge in [-0.3, -0.25) is 0 Å². The summed E-state index contributed by atoms with van der Waals surface area (Å²) >= 11 is 0. The van der Waals surface area contributed by atoms with E-state index >= 15 is 0 Å². The summed E-state index contributed by atoms with van der Waals surface area (Å²) in [7, 11) is 0. The lowest BCUT2D eigenvalue weighted by Gasteiger charge is -2.24. The lowest BCUT2D eigenvalue weighted by molar-refractivity contribution is -0.154. The zero-order valence-corrected chi connectivity index (χ0v) is 8.96. The Balaban J connectivity index is 2.99. The third-order valence-electron chi connectivity index (χ3n) is 2.36. The van der Waals surface area contributed by atoms with E-state index in [1.54, 1.807) is 6.92 Å². The number of ether oxygens (including phenoxy) is 1. The van der Waals surface area contributed by atoms with Gasteiger partial charge in [0.05, 0.1) is 0 Å². The van der Waals surface area contributed by atoms with E-state index in [0.29, 0.717) is 6.07 Å². The molecule has 1 aromatic rings. The van der Waals surface area contributed by atoms with Crippen molar-refractivity contribution in [3.8, 4) is 5.75 Å². The molecule has 0 aliphatic rings. The van der Waals surface area contributed by atoms with Crippen LogP contribution < -0.4 is 4.74 Å². The van der Waals surface area contributed by atoms with E-state index in [-0.39, 0.29) is 12.2 Å².